The summed E-state index contributed by atoms with van der Waals surface area (Å²) in [5, 5.41) is 12.0. The van der Waals surface area contributed by atoms with E-state index in [9.17, 15) is 4.79 Å². The fourth-order valence-corrected chi connectivity index (χ4v) is 0.845. The number of ether oxygens (including phenoxy) is 1. The van der Waals surface area contributed by atoms with Crippen molar-refractivity contribution in [2.45, 2.75) is 18.6 Å². The Morgan fingerprint density at radius 3 is 3.08 bits per heavy atom. The number of hydrogen-bond acceptors (Lipinski definition) is 5. The van der Waals surface area contributed by atoms with E-state index >= 15 is 0 Å². The molecule has 0 fully saturated rings. The van der Waals surface area contributed by atoms with E-state index in [-0.39, 0.29) is 0 Å². The number of carbonyl (C=O) groups is 1. The number of rotatable bonds is 2. The van der Waals surface area contributed by atoms with Crippen molar-refractivity contribution < 1.29 is 19.5 Å². The zero-order valence-electron chi connectivity index (χ0n) is 6.56. The van der Waals surface area contributed by atoms with Crippen LogP contribution in [0.2, 0.25) is 0 Å². The molecule has 0 saturated heterocycles. The van der Waals surface area contributed by atoms with Gasteiger partial charge in [0.05, 0.1) is 13.5 Å². The SMILES string of the molecule is COC1=NOC(C(N)C(=O)O)C1. The fourth-order valence-electron chi connectivity index (χ4n) is 0.845. The van der Waals surface area contributed by atoms with E-state index in [1.165, 1.54) is 7.11 Å². The summed E-state index contributed by atoms with van der Waals surface area (Å²) >= 11 is 0. The number of aliphatic carboxylic acids is 1. The maximum Gasteiger partial charge on any atom is 0.324 e. The second kappa shape index (κ2) is 3.40. The minimum absolute atomic E-state index is 0.309. The molecule has 0 aromatic rings. The first kappa shape index (κ1) is 8.79. The Bertz CT molecular complexity index is 216. The lowest BCUT2D eigenvalue weighted by atomic mass is 10.1. The van der Waals surface area contributed by atoms with E-state index in [2.05, 4.69) is 5.16 Å². The van der Waals surface area contributed by atoms with E-state index in [4.69, 9.17) is 20.4 Å². The van der Waals surface area contributed by atoms with Gasteiger partial charge in [-0.3, -0.25) is 4.79 Å². The third-order valence-electron chi connectivity index (χ3n) is 1.59. The molecule has 0 radical (unpaired) electrons. The lowest BCUT2D eigenvalue weighted by Crippen LogP contribution is -2.41. The Kier molecular flexibility index (Phi) is 2.49. The largest absolute Gasteiger partial charge is 0.482 e. The van der Waals surface area contributed by atoms with Crippen LogP contribution in [0.3, 0.4) is 0 Å². The first-order valence-electron chi connectivity index (χ1n) is 3.40. The average molecular weight is 174 g/mol. The summed E-state index contributed by atoms with van der Waals surface area (Å²) in [6.45, 7) is 0. The van der Waals surface area contributed by atoms with Gasteiger partial charge in [-0.2, -0.15) is 0 Å². The molecule has 1 rings (SSSR count). The van der Waals surface area contributed by atoms with E-state index < -0.39 is 18.1 Å². The fraction of sp³-hybridized carbons (Fsp3) is 0.667. The highest BCUT2D eigenvalue weighted by atomic mass is 16.7. The highest BCUT2D eigenvalue weighted by molar-refractivity contribution is 5.80. The number of oxime groups is 1. The van der Waals surface area contributed by atoms with Gasteiger partial charge >= 0.3 is 5.97 Å². The average Bonchev–Trinajstić information content (AvgIpc) is 2.50. The maximum absolute atomic E-state index is 10.4. The van der Waals surface area contributed by atoms with Crippen molar-refractivity contribution in [1.29, 1.82) is 0 Å². The van der Waals surface area contributed by atoms with Gasteiger partial charge in [-0.1, -0.05) is 5.16 Å². The number of nitrogens with two attached hydrogens (primary N) is 1. The Morgan fingerprint density at radius 2 is 2.67 bits per heavy atom. The monoisotopic (exact) mass is 174 g/mol. The Hall–Kier alpha value is -1.30. The summed E-state index contributed by atoms with van der Waals surface area (Å²) < 4.78 is 4.75. The van der Waals surface area contributed by atoms with Crippen molar-refractivity contribution >= 4 is 11.9 Å². The molecule has 0 amide bonds. The summed E-state index contributed by atoms with van der Waals surface area (Å²) in [7, 11) is 1.44. The molecule has 1 aliphatic rings. The van der Waals surface area contributed by atoms with Gasteiger partial charge in [0.25, 0.3) is 0 Å². The summed E-state index contributed by atoms with van der Waals surface area (Å²) in [5.41, 5.74) is 5.29. The lowest BCUT2D eigenvalue weighted by Gasteiger charge is -2.11. The van der Waals surface area contributed by atoms with Crippen LogP contribution in [0.4, 0.5) is 0 Å². The van der Waals surface area contributed by atoms with Gasteiger partial charge in [0.2, 0.25) is 5.90 Å². The predicted octanol–water partition coefficient (Wildman–Crippen LogP) is -0.853. The molecule has 1 heterocycles. The van der Waals surface area contributed by atoms with Crippen molar-refractivity contribution in [3.8, 4) is 0 Å². The third-order valence-corrected chi connectivity index (χ3v) is 1.59. The minimum Gasteiger partial charge on any atom is -0.482 e. The number of carboxylic acids is 1. The molecule has 0 aliphatic carbocycles. The molecule has 6 heteroatoms. The molecule has 2 unspecified atom stereocenters. The summed E-state index contributed by atoms with van der Waals surface area (Å²) in [6.07, 6.45) is -0.304. The summed E-state index contributed by atoms with van der Waals surface area (Å²) in [4.78, 5) is 15.1. The van der Waals surface area contributed by atoms with Gasteiger partial charge in [0.1, 0.15) is 6.04 Å². The van der Waals surface area contributed by atoms with Gasteiger partial charge < -0.3 is 20.4 Å². The van der Waals surface area contributed by atoms with Crippen molar-refractivity contribution in [2.75, 3.05) is 7.11 Å². The van der Waals surface area contributed by atoms with E-state index in [0.29, 0.717) is 12.3 Å². The van der Waals surface area contributed by atoms with Crippen LogP contribution in [0, 0.1) is 0 Å². The van der Waals surface area contributed by atoms with E-state index in [0.717, 1.165) is 0 Å². The van der Waals surface area contributed by atoms with Crippen molar-refractivity contribution in [2.24, 2.45) is 10.9 Å². The highest BCUT2D eigenvalue weighted by Gasteiger charge is 2.32. The van der Waals surface area contributed by atoms with Gasteiger partial charge in [-0.05, 0) is 0 Å². The van der Waals surface area contributed by atoms with Crippen LogP contribution in [-0.4, -0.2) is 36.2 Å². The first-order valence-corrected chi connectivity index (χ1v) is 3.40. The molecule has 0 bridgehead atoms. The van der Waals surface area contributed by atoms with Crippen LogP contribution in [-0.2, 0) is 14.4 Å². The molecule has 1 aliphatic heterocycles. The van der Waals surface area contributed by atoms with Crippen LogP contribution >= 0.6 is 0 Å². The number of nitrogens with zero attached hydrogens (tertiary/aromatic N) is 1. The number of hydrogen-bond donors (Lipinski definition) is 2. The Labute approximate surface area is 68.9 Å². The molecule has 12 heavy (non-hydrogen) atoms. The molecule has 68 valence electrons. The zero-order valence-corrected chi connectivity index (χ0v) is 6.56. The standard InChI is InChI=1S/C6H10N2O4/c1-11-4-2-3(12-8-4)5(7)6(9)10/h3,5H,2,7H2,1H3,(H,9,10). The quantitative estimate of drug-likeness (QED) is 0.568. The molecule has 0 saturated carbocycles. The first-order chi connectivity index (χ1) is 5.65. The van der Waals surface area contributed by atoms with Crippen LogP contribution in [0.5, 0.6) is 0 Å². The Balaban J connectivity index is 2.45. The molecule has 0 spiro atoms. The minimum atomic E-state index is -1.10. The van der Waals surface area contributed by atoms with E-state index in [1.807, 2.05) is 0 Å². The maximum atomic E-state index is 10.4. The van der Waals surface area contributed by atoms with E-state index in [1.54, 1.807) is 0 Å². The number of carboxylic acid groups (broad SMARTS) is 1. The molecule has 0 aromatic heterocycles. The van der Waals surface area contributed by atoms with Crippen LogP contribution in [0.25, 0.3) is 0 Å². The third kappa shape index (κ3) is 1.65. The van der Waals surface area contributed by atoms with Crippen molar-refractivity contribution in [1.82, 2.24) is 0 Å². The lowest BCUT2D eigenvalue weighted by molar-refractivity contribution is -0.141. The normalized spacial score (nSPS) is 24.2. The predicted molar refractivity (Wildman–Crippen MR) is 39.5 cm³/mol. The van der Waals surface area contributed by atoms with Crippen LogP contribution in [0.1, 0.15) is 6.42 Å². The molecular formula is C6H10N2O4. The van der Waals surface area contributed by atoms with Gasteiger partial charge in [0.15, 0.2) is 6.10 Å². The summed E-state index contributed by atoms with van der Waals surface area (Å²) in [6, 6.07) is -1.05. The van der Waals surface area contributed by atoms with Crippen LogP contribution in [0.15, 0.2) is 5.16 Å². The second-order valence-electron chi connectivity index (χ2n) is 2.40. The topological polar surface area (TPSA) is 94.1 Å². The van der Waals surface area contributed by atoms with Gasteiger partial charge in [-0.25, -0.2) is 0 Å². The zero-order chi connectivity index (χ0) is 9.14. The molecule has 2 atom stereocenters. The van der Waals surface area contributed by atoms with Gasteiger partial charge in [0, 0.05) is 0 Å². The molecule has 6 nitrogen and oxygen atoms in total. The molecular weight excluding hydrogens is 164 g/mol. The van der Waals surface area contributed by atoms with Crippen LogP contribution < -0.4 is 5.73 Å². The van der Waals surface area contributed by atoms with Gasteiger partial charge in [-0.15, -0.1) is 0 Å². The smallest absolute Gasteiger partial charge is 0.324 e. The second-order valence-corrected chi connectivity index (χ2v) is 2.40. The summed E-state index contributed by atoms with van der Waals surface area (Å²) in [5.74, 6) is -0.732. The molecule has 0 aromatic carbocycles. The van der Waals surface area contributed by atoms with Crippen molar-refractivity contribution in [3.63, 3.8) is 0 Å². The number of methoxy groups -OCH3 is 1. The molecule has 3 N–H and O–H groups in total. The van der Waals surface area contributed by atoms with Crippen molar-refractivity contribution in [3.05, 3.63) is 0 Å². The highest BCUT2D eigenvalue weighted by Crippen LogP contribution is 2.13. The Morgan fingerprint density at radius 1 is 2.00 bits per heavy atom.